The number of rotatable bonds is 73. The van der Waals surface area contributed by atoms with Gasteiger partial charge in [0.25, 0.3) is 0 Å². The van der Waals surface area contributed by atoms with Crippen LogP contribution in [-0.4, -0.2) is 34.9 Å². The maximum absolute atomic E-state index is 12.6. The van der Waals surface area contributed by atoms with Gasteiger partial charge in [0.1, 0.15) is 0 Å². The zero-order valence-corrected chi connectivity index (χ0v) is 57.0. The number of hydrogen-bond acceptors (Lipinski definition) is 3. The van der Waals surface area contributed by atoms with Crippen LogP contribution < -0.4 is 5.32 Å². The number of aliphatic hydroxyl groups excluding tert-OH is 2. The molecule has 0 rings (SSSR count). The van der Waals surface area contributed by atoms with Crippen molar-refractivity contribution in [1.29, 1.82) is 0 Å². The van der Waals surface area contributed by atoms with E-state index in [0.29, 0.717) is 6.42 Å². The number of nitrogens with one attached hydrogen (secondary N) is 1. The van der Waals surface area contributed by atoms with Crippen molar-refractivity contribution in [3.8, 4) is 0 Å². The third-order valence-electron chi connectivity index (χ3n) is 18.4. The first-order valence-corrected chi connectivity index (χ1v) is 38.7. The molecule has 0 aromatic carbocycles. The van der Waals surface area contributed by atoms with E-state index < -0.39 is 12.1 Å². The summed E-state index contributed by atoms with van der Waals surface area (Å²) in [6, 6.07) is -0.622. The molecule has 0 saturated carbocycles. The Morgan fingerprint density at radius 2 is 0.494 bits per heavy atom. The summed E-state index contributed by atoms with van der Waals surface area (Å²) in [5.74, 6) is -0.0535. The minimum absolute atomic E-state index is 0.0535. The average Bonchev–Trinajstić information content (AvgIpc) is 3.51. The second kappa shape index (κ2) is 74.9. The lowest BCUT2D eigenvalue weighted by molar-refractivity contribution is -0.123. The van der Waals surface area contributed by atoms with Crippen LogP contribution in [0, 0.1) is 0 Å². The Balaban J connectivity index is 3.38. The van der Waals surface area contributed by atoms with Gasteiger partial charge in [0, 0.05) is 6.42 Å². The summed E-state index contributed by atoms with van der Waals surface area (Å²) in [4.78, 5) is 12.6. The SMILES string of the molecule is CCCCCCC/C=C\C/C=C\CCCCCCCCCCCCCCCCCCCCCCCCCCCCCCCC(=O)NC(CO)C(O)/C=C/CCCCCCCCCCCCCCCCCCCCCCCCCCCCCC. The lowest BCUT2D eigenvalue weighted by atomic mass is 10.0. The van der Waals surface area contributed by atoms with Crippen molar-refractivity contribution in [1.82, 2.24) is 5.32 Å². The Hall–Kier alpha value is -1.39. The molecule has 2 unspecified atom stereocenters. The molecular formula is C79H153NO3. The molecule has 0 aliphatic rings. The molecule has 0 fully saturated rings. The van der Waals surface area contributed by atoms with E-state index in [2.05, 4.69) is 43.5 Å². The molecule has 0 spiro atoms. The molecule has 0 radical (unpaired) electrons. The quantitative estimate of drug-likeness (QED) is 0.0420. The first-order chi connectivity index (χ1) is 41.2. The molecule has 0 aliphatic heterocycles. The fourth-order valence-corrected chi connectivity index (χ4v) is 12.5. The Morgan fingerprint density at radius 3 is 0.723 bits per heavy atom. The number of allylic oxidation sites excluding steroid dienone is 5. The second-order valence-corrected chi connectivity index (χ2v) is 26.8. The zero-order chi connectivity index (χ0) is 59.8. The summed E-state index contributed by atoms with van der Waals surface area (Å²) in [7, 11) is 0. The monoisotopic (exact) mass is 1160 g/mol. The third-order valence-corrected chi connectivity index (χ3v) is 18.4. The summed E-state index contributed by atoms with van der Waals surface area (Å²) < 4.78 is 0. The van der Waals surface area contributed by atoms with E-state index in [9.17, 15) is 15.0 Å². The Morgan fingerprint density at radius 1 is 0.289 bits per heavy atom. The summed E-state index contributed by atoms with van der Waals surface area (Å²) in [6.07, 6.45) is 104. The van der Waals surface area contributed by atoms with Crippen molar-refractivity contribution in [2.75, 3.05) is 6.61 Å². The van der Waals surface area contributed by atoms with Gasteiger partial charge in [-0.3, -0.25) is 4.79 Å². The van der Waals surface area contributed by atoms with Gasteiger partial charge in [-0.25, -0.2) is 0 Å². The van der Waals surface area contributed by atoms with Crippen molar-refractivity contribution in [2.24, 2.45) is 0 Å². The molecule has 0 aromatic rings. The molecule has 0 aromatic heterocycles. The minimum Gasteiger partial charge on any atom is -0.394 e. The van der Waals surface area contributed by atoms with Gasteiger partial charge in [0.2, 0.25) is 5.91 Å². The van der Waals surface area contributed by atoms with Crippen LogP contribution in [-0.2, 0) is 4.79 Å². The van der Waals surface area contributed by atoms with E-state index in [1.54, 1.807) is 6.08 Å². The number of carbonyl (C=O) groups is 1. The highest BCUT2D eigenvalue weighted by Gasteiger charge is 2.18. The van der Waals surface area contributed by atoms with Crippen LogP contribution in [0.1, 0.15) is 444 Å². The Kier molecular flexibility index (Phi) is 73.6. The number of carbonyl (C=O) groups excluding carboxylic acids is 1. The zero-order valence-electron chi connectivity index (χ0n) is 57.0. The lowest BCUT2D eigenvalue weighted by Crippen LogP contribution is -2.45. The summed E-state index contributed by atoms with van der Waals surface area (Å²) in [6.45, 7) is 4.35. The predicted octanol–water partition coefficient (Wildman–Crippen LogP) is 26.7. The van der Waals surface area contributed by atoms with Gasteiger partial charge in [-0.1, -0.05) is 423 Å². The van der Waals surface area contributed by atoms with Crippen molar-refractivity contribution in [2.45, 2.75) is 456 Å². The standard InChI is InChI=1S/C79H153NO3/c1-3-5-7-9-11-13-15-17-19-21-23-25-27-29-31-33-35-36-37-38-39-40-41-42-43-44-45-47-49-51-53-55-57-59-61-63-65-67-69-71-73-75-79(83)80-77(76-81)78(82)74-72-70-68-66-64-62-60-58-56-54-52-50-48-46-34-32-30-28-26-24-22-20-18-16-14-12-10-8-6-4-2/h15,17,21,23,72,74,77-78,81-82H,3-14,16,18-20,22,24-71,73,75-76H2,1-2H3,(H,80,83)/b17-15-,23-21-,74-72+. The van der Waals surface area contributed by atoms with E-state index >= 15 is 0 Å². The van der Waals surface area contributed by atoms with Crippen LogP contribution in [0.2, 0.25) is 0 Å². The number of unbranched alkanes of at least 4 members (excludes halogenated alkanes) is 62. The molecule has 0 saturated heterocycles. The normalized spacial score (nSPS) is 12.8. The maximum atomic E-state index is 12.6. The molecule has 0 bridgehead atoms. The van der Waals surface area contributed by atoms with Gasteiger partial charge in [-0.15, -0.1) is 0 Å². The number of aliphatic hydroxyl groups is 2. The highest BCUT2D eigenvalue weighted by molar-refractivity contribution is 5.76. The second-order valence-electron chi connectivity index (χ2n) is 26.8. The average molecular weight is 1170 g/mol. The van der Waals surface area contributed by atoms with Crippen molar-refractivity contribution < 1.29 is 15.0 Å². The van der Waals surface area contributed by atoms with Gasteiger partial charge < -0.3 is 15.5 Å². The van der Waals surface area contributed by atoms with E-state index in [0.717, 1.165) is 32.1 Å². The molecule has 0 heterocycles. The summed E-state index contributed by atoms with van der Waals surface area (Å²) >= 11 is 0. The summed E-state index contributed by atoms with van der Waals surface area (Å²) in [5.41, 5.74) is 0. The fourth-order valence-electron chi connectivity index (χ4n) is 12.5. The molecular weight excluding hydrogens is 1010 g/mol. The highest BCUT2D eigenvalue weighted by Crippen LogP contribution is 2.20. The minimum atomic E-state index is -0.839. The van der Waals surface area contributed by atoms with Crippen LogP contribution in [0.5, 0.6) is 0 Å². The molecule has 4 heteroatoms. The van der Waals surface area contributed by atoms with Gasteiger partial charge >= 0.3 is 0 Å². The van der Waals surface area contributed by atoms with Gasteiger partial charge in [0.05, 0.1) is 18.8 Å². The van der Waals surface area contributed by atoms with Gasteiger partial charge in [0.15, 0.2) is 0 Å². The van der Waals surface area contributed by atoms with Gasteiger partial charge in [-0.2, -0.15) is 0 Å². The van der Waals surface area contributed by atoms with E-state index in [1.165, 1.54) is 392 Å². The fraction of sp³-hybridized carbons (Fsp3) is 0.911. The summed E-state index contributed by atoms with van der Waals surface area (Å²) in [5, 5.41) is 23.3. The lowest BCUT2D eigenvalue weighted by Gasteiger charge is -2.20. The van der Waals surface area contributed by atoms with Crippen molar-refractivity contribution in [3.63, 3.8) is 0 Å². The smallest absolute Gasteiger partial charge is 0.220 e. The number of hydrogen-bond donors (Lipinski definition) is 3. The molecule has 83 heavy (non-hydrogen) atoms. The Labute approximate surface area is 522 Å². The molecule has 4 nitrogen and oxygen atoms in total. The maximum Gasteiger partial charge on any atom is 0.220 e. The van der Waals surface area contributed by atoms with Crippen LogP contribution in [0.3, 0.4) is 0 Å². The first-order valence-electron chi connectivity index (χ1n) is 38.7. The topological polar surface area (TPSA) is 69.6 Å². The highest BCUT2D eigenvalue weighted by atomic mass is 16.3. The van der Waals surface area contributed by atoms with Crippen molar-refractivity contribution >= 4 is 5.91 Å². The molecule has 1 amide bonds. The van der Waals surface area contributed by atoms with Crippen molar-refractivity contribution in [3.05, 3.63) is 36.5 Å². The van der Waals surface area contributed by atoms with E-state index in [4.69, 9.17) is 0 Å². The van der Waals surface area contributed by atoms with Crippen LogP contribution >= 0.6 is 0 Å². The van der Waals surface area contributed by atoms with E-state index in [-0.39, 0.29) is 12.5 Å². The largest absolute Gasteiger partial charge is 0.394 e. The Bertz CT molecular complexity index is 1270. The van der Waals surface area contributed by atoms with Gasteiger partial charge in [-0.05, 0) is 51.4 Å². The molecule has 2 atom stereocenters. The third kappa shape index (κ3) is 71.3. The first kappa shape index (κ1) is 81.6. The molecule has 3 N–H and O–H groups in total. The molecule has 0 aliphatic carbocycles. The predicted molar refractivity (Wildman–Crippen MR) is 373 cm³/mol. The number of amides is 1. The van der Waals surface area contributed by atoms with Crippen LogP contribution in [0.25, 0.3) is 0 Å². The van der Waals surface area contributed by atoms with Crippen LogP contribution in [0.15, 0.2) is 36.5 Å². The molecule has 492 valence electrons. The van der Waals surface area contributed by atoms with Crippen LogP contribution in [0.4, 0.5) is 0 Å². The van der Waals surface area contributed by atoms with E-state index in [1.807, 2.05) is 6.08 Å².